The summed E-state index contributed by atoms with van der Waals surface area (Å²) >= 11 is 0. The van der Waals surface area contributed by atoms with Gasteiger partial charge in [0.25, 0.3) is 0 Å². The van der Waals surface area contributed by atoms with Gasteiger partial charge in [-0.1, -0.05) is 32.0 Å². The molecule has 5 heteroatoms. The van der Waals surface area contributed by atoms with Crippen molar-refractivity contribution in [1.29, 1.82) is 0 Å². The summed E-state index contributed by atoms with van der Waals surface area (Å²) in [4.78, 5) is 0.448. The second-order valence-corrected chi connectivity index (χ2v) is 7.19. The number of hydrogen-bond donors (Lipinski definition) is 1. The number of nitrogens with zero attached hydrogens (tertiary/aromatic N) is 1. The molecule has 0 aromatic heterocycles. The van der Waals surface area contributed by atoms with Gasteiger partial charge in [0.2, 0.25) is 10.0 Å². The molecule has 1 aliphatic carbocycles. The Labute approximate surface area is 122 Å². The van der Waals surface area contributed by atoms with Crippen molar-refractivity contribution in [2.75, 3.05) is 19.6 Å². The molecule has 1 N–H and O–H groups in total. The zero-order chi connectivity index (χ0) is 14.6. The topological polar surface area (TPSA) is 49.4 Å². The zero-order valence-electron chi connectivity index (χ0n) is 12.3. The van der Waals surface area contributed by atoms with E-state index in [1.165, 1.54) is 0 Å². The summed E-state index contributed by atoms with van der Waals surface area (Å²) in [5, 5.41) is 3.20. The Bertz CT molecular complexity index is 539. The van der Waals surface area contributed by atoms with Crippen LogP contribution in [0.15, 0.2) is 29.2 Å². The van der Waals surface area contributed by atoms with Crippen molar-refractivity contribution in [2.24, 2.45) is 5.92 Å². The second-order valence-electron chi connectivity index (χ2n) is 5.29. The molecule has 0 heterocycles. The number of hydrogen-bond acceptors (Lipinski definition) is 3. The SMILES string of the molecule is CCNCc1ccccc1S(=O)(=O)N(CC)CC1CC1. The molecule has 0 saturated heterocycles. The Balaban J connectivity index is 2.26. The van der Waals surface area contributed by atoms with Crippen molar-refractivity contribution >= 4 is 10.0 Å². The summed E-state index contributed by atoms with van der Waals surface area (Å²) in [5.74, 6) is 0.561. The maximum Gasteiger partial charge on any atom is 0.243 e. The largest absolute Gasteiger partial charge is 0.313 e. The van der Waals surface area contributed by atoms with Crippen LogP contribution < -0.4 is 5.32 Å². The van der Waals surface area contributed by atoms with E-state index in [1.54, 1.807) is 16.4 Å². The molecule has 1 aromatic rings. The van der Waals surface area contributed by atoms with Crippen LogP contribution in [0.4, 0.5) is 0 Å². The van der Waals surface area contributed by atoms with Crippen molar-refractivity contribution in [3.63, 3.8) is 0 Å². The van der Waals surface area contributed by atoms with E-state index in [0.29, 0.717) is 30.4 Å². The Morgan fingerprint density at radius 3 is 2.55 bits per heavy atom. The molecule has 1 fully saturated rings. The van der Waals surface area contributed by atoms with Gasteiger partial charge in [0.15, 0.2) is 0 Å². The fourth-order valence-corrected chi connectivity index (χ4v) is 4.03. The molecular formula is C15H24N2O2S. The standard InChI is InChI=1S/C15H24N2O2S/c1-3-16-11-14-7-5-6-8-15(14)20(18,19)17(4-2)12-13-9-10-13/h5-8,13,16H,3-4,9-12H2,1-2H3. The maximum absolute atomic E-state index is 12.8. The summed E-state index contributed by atoms with van der Waals surface area (Å²) in [6.07, 6.45) is 2.32. The third kappa shape index (κ3) is 3.59. The van der Waals surface area contributed by atoms with Gasteiger partial charge in [0.05, 0.1) is 4.90 Å². The van der Waals surface area contributed by atoms with Gasteiger partial charge in [-0.3, -0.25) is 0 Å². The first-order valence-corrected chi connectivity index (χ1v) is 8.82. The van der Waals surface area contributed by atoms with Gasteiger partial charge in [0.1, 0.15) is 0 Å². The van der Waals surface area contributed by atoms with Crippen molar-refractivity contribution in [3.8, 4) is 0 Å². The van der Waals surface area contributed by atoms with Crippen molar-refractivity contribution < 1.29 is 8.42 Å². The van der Waals surface area contributed by atoms with Crippen molar-refractivity contribution in [1.82, 2.24) is 9.62 Å². The summed E-state index contributed by atoms with van der Waals surface area (Å²) in [7, 11) is -3.37. The highest BCUT2D eigenvalue weighted by Gasteiger charge is 2.31. The first-order valence-electron chi connectivity index (χ1n) is 7.38. The Hall–Kier alpha value is -0.910. The van der Waals surface area contributed by atoms with Crippen LogP contribution in [0.2, 0.25) is 0 Å². The Morgan fingerprint density at radius 2 is 1.95 bits per heavy atom. The minimum Gasteiger partial charge on any atom is -0.313 e. The lowest BCUT2D eigenvalue weighted by Crippen LogP contribution is -2.33. The lowest BCUT2D eigenvalue weighted by atomic mass is 10.2. The van der Waals surface area contributed by atoms with Crippen LogP contribution in [-0.2, 0) is 16.6 Å². The van der Waals surface area contributed by atoms with Crippen molar-refractivity contribution in [2.45, 2.75) is 38.1 Å². The van der Waals surface area contributed by atoms with E-state index >= 15 is 0 Å². The molecule has 4 nitrogen and oxygen atoms in total. The molecule has 0 spiro atoms. The smallest absolute Gasteiger partial charge is 0.243 e. The third-order valence-electron chi connectivity index (χ3n) is 3.67. The highest BCUT2D eigenvalue weighted by atomic mass is 32.2. The van der Waals surface area contributed by atoms with Crippen LogP contribution in [-0.4, -0.2) is 32.4 Å². The lowest BCUT2D eigenvalue weighted by molar-refractivity contribution is 0.411. The molecule has 20 heavy (non-hydrogen) atoms. The fourth-order valence-electron chi connectivity index (χ4n) is 2.29. The number of benzene rings is 1. The average Bonchev–Trinajstić information content (AvgIpc) is 3.26. The predicted octanol–water partition coefficient (Wildman–Crippen LogP) is 2.22. The molecule has 0 unspecified atom stereocenters. The van der Waals surface area contributed by atoms with Crippen LogP contribution in [0.1, 0.15) is 32.3 Å². The van der Waals surface area contributed by atoms with Crippen LogP contribution in [0.25, 0.3) is 0 Å². The Kier molecular flexibility index (Phi) is 5.18. The number of rotatable bonds is 8. The van der Waals surface area contributed by atoms with Gasteiger partial charge in [-0.25, -0.2) is 8.42 Å². The average molecular weight is 296 g/mol. The van der Waals surface area contributed by atoms with Gasteiger partial charge >= 0.3 is 0 Å². The minimum absolute atomic E-state index is 0.448. The molecule has 0 radical (unpaired) electrons. The van der Waals surface area contributed by atoms with E-state index in [4.69, 9.17) is 0 Å². The van der Waals surface area contributed by atoms with Gasteiger partial charge in [-0.05, 0) is 36.9 Å². The van der Waals surface area contributed by atoms with Crippen LogP contribution in [0, 0.1) is 5.92 Å². The molecule has 0 aliphatic heterocycles. The zero-order valence-corrected chi connectivity index (χ0v) is 13.1. The quantitative estimate of drug-likeness (QED) is 0.800. The van der Waals surface area contributed by atoms with E-state index in [-0.39, 0.29) is 0 Å². The third-order valence-corrected chi connectivity index (χ3v) is 5.71. The lowest BCUT2D eigenvalue weighted by Gasteiger charge is -2.22. The minimum atomic E-state index is -3.37. The van der Waals surface area contributed by atoms with E-state index < -0.39 is 10.0 Å². The molecule has 0 atom stereocenters. The van der Waals surface area contributed by atoms with E-state index in [2.05, 4.69) is 5.32 Å². The summed E-state index contributed by atoms with van der Waals surface area (Å²) in [6.45, 7) is 6.54. The Morgan fingerprint density at radius 1 is 1.25 bits per heavy atom. The normalized spacial score (nSPS) is 15.8. The van der Waals surface area contributed by atoms with Gasteiger partial charge in [-0.2, -0.15) is 4.31 Å². The van der Waals surface area contributed by atoms with E-state index in [1.807, 2.05) is 26.0 Å². The molecule has 1 aromatic carbocycles. The van der Waals surface area contributed by atoms with Crippen molar-refractivity contribution in [3.05, 3.63) is 29.8 Å². The molecule has 2 rings (SSSR count). The summed E-state index contributed by atoms with van der Waals surface area (Å²) < 4.78 is 27.2. The maximum atomic E-state index is 12.8. The van der Waals surface area contributed by atoms with Crippen LogP contribution >= 0.6 is 0 Å². The molecular weight excluding hydrogens is 272 g/mol. The summed E-state index contributed by atoms with van der Waals surface area (Å²) in [5.41, 5.74) is 0.851. The molecule has 1 aliphatic rings. The van der Waals surface area contributed by atoms with Gasteiger partial charge < -0.3 is 5.32 Å². The van der Waals surface area contributed by atoms with Crippen LogP contribution in [0.3, 0.4) is 0 Å². The fraction of sp³-hybridized carbons (Fsp3) is 0.600. The highest BCUT2D eigenvalue weighted by molar-refractivity contribution is 7.89. The molecule has 112 valence electrons. The summed E-state index contributed by atoms with van der Waals surface area (Å²) in [6, 6.07) is 7.30. The first kappa shape index (κ1) is 15.5. The monoisotopic (exact) mass is 296 g/mol. The van der Waals surface area contributed by atoms with Crippen LogP contribution in [0.5, 0.6) is 0 Å². The highest BCUT2D eigenvalue weighted by Crippen LogP contribution is 2.32. The van der Waals surface area contributed by atoms with Gasteiger partial charge in [0, 0.05) is 19.6 Å². The van der Waals surface area contributed by atoms with E-state index in [9.17, 15) is 8.42 Å². The number of sulfonamides is 1. The molecule has 1 saturated carbocycles. The molecule has 0 amide bonds. The first-order chi connectivity index (χ1) is 9.59. The molecule has 0 bridgehead atoms. The second kappa shape index (κ2) is 6.70. The number of nitrogens with one attached hydrogen (secondary N) is 1. The predicted molar refractivity (Wildman–Crippen MR) is 81.0 cm³/mol. The van der Waals surface area contributed by atoms with Gasteiger partial charge in [-0.15, -0.1) is 0 Å². The van der Waals surface area contributed by atoms with E-state index in [0.717, 1.165) is 24.9 Å².